The molecule has 0 radical (unpaired) electrons. The molecule has 18 heavy (non-hydrogen) atoms. The summed E-state index contributed by atoms with van der Waals surface area (Å²) in [6, 6.07) is -0.320. The smallest absolute Gasteiger partial charge is 0.352 e. The first-order valence-electron chi connectivity index (χ1n) is 5.61. The number of aryl methyl sites for hydroxylation is 1. The molecule has 0 spiro atoms. The Kier molecular flexibility index (Phi) is 4.13. The number of likely N-dealkylation sites (N-methyl/N-ethyl adjacent to an activating group) is 1. The largest absolute Gasteiger partial charge is 0.477 e. The highest BCUT2D eigenvalue weighted by molar-refractivity contribution is 6.00. The van der Waals surface area contributed by atoms with Gasteiger partial charge in [-0.15, -0.1) is 0 Å². The van der Waals surface area contributed by atoms with E-state index in [1.807, 2.05) is 0 Å². The number of aromatic amines is 1. The van der Waals surface area contributed by atoms with Crippen LogP contribution in [0.15, 0.2) is 0 Å². The van der Waals surface area contributed by atoms with Crippen LogP contribution in [0.4, 0.5) is 0 Å². The molecular formula is C12H18N2O4. The second-order valence-electron chi connectivity index (χ2n) is 4.38. The fourth-order valence-corrected chi connectivity index (χ4v) is 1.78. The van der Waals surface area contributed by atoms with Gasteiger partial charge in [0, 0.05) is 12.7 Å². The standard InChI is InChI=1S/C12H18N2O4/c1-6(5-15)14(4)11(16)9-7(2)10(12(17)18)13-8(9)3/h6,13,15H,5H2,1-4H3,(H,17,18). The lowest BCUT2D eigenvalue weighted by Crippen LogP contribution is -2.37. The number of nitrogens with zero attached hydrogens (tertiary/aromatic N) is 1. The predicted octanol–water partition coefficient (Wildman–Crippen LogP) is 0.783. The molecular weight excluding hydrogens is 236 g/mol. The lowest BCUT2D eigenvalue weighted by atomic mass is 10.1. The summed E-state index contributed by atoms with van der Waals surface area (Å²) in [5, 5.41) is 18.0. The molecule has 0 aliphatic carbocycles. The first-order valence-corrected chi connectivity index (χ1v) is 5.61. The Hall–Kier alpha value is -1.82. The van der Waals surface area contributed by atoms with Crippen molar-refractivity contribution < 1.29 is 19.8 Å². The van der Waals surface area contributed by atoms with Gasteiger partial charge in [0.25, 0.3) is 5.91 Å². The summed E-state index contributed by atoms with van der Waals surface area (Å²) in [4.78, 5) is 27.3. The second-order valence-corrected chi connectivity index (χ2v) is 4.38. The Morgan fingerprint density at radius 2 is 1.94 bits per heavy atom. The molecule has 3 N–H and O–H groups in total. The quantitative estimate of drug-likeness (QED) is 0.740. The average Bonchev–Trinajstić information content (AvgIpc) is 2.62. The van der Waals surface area contributed by atoms with E-state index in [0.29, 0.717) is 16.8 Å². The number of aliphatic hydroxyl groups excluding tert-OH is 1. The summed E-state index contributed by atoms with van der Waals surface area (Å²) in [5.74, 6) is -1.39. The third kappa shape index (κ3) is 2.38. The number of aliphatic hydroxyl groups is 1. The molecule has 0 saturated carbocycles. The van der Waals surface area contributed by atoms with Crippen molar-refractivity contribution in [3.8, 4) is 0 Å². The van der Waals surface area contributed by atoms with Gasteiger partial charge in [0.05, 0.1) is 18.2 Å². The summed E-state index contributed by atoms with van der Waals surface area (Å²) in [5.41, 5.74) is 1.32. The topological polar surface area (TPSA) is 93.6 Å². The third-order valence-electron chi connectivity index (χ3n) is 3.11. The minimum atomic E-state index is -1.09. The molecule has 0 aliphatic rings. The summed E-state index contributed by atoms with van der Waals surface area (Å²) in [6.07, 6.45) is 0. The van der Waals surface area contributed by atoms with Crippen molar-refractivity contribution in [1.29, 1.82) is 0 Å². The SMILES string of the molecule is Cc1[nH]c(C(=O)O)c(C)c1C(=O)N(C)C(C)CO. The van der Waals surface area contributed by atoms with Gasteiger partial charge in [-0.2, -0.15) is 0 Å². The number of amides is 1. The van der Waals surface area contributed by atoms with Gasteiger partial charge in [-0.1, -0.05) is 0 Å². The zero-order chi connectivity index (χ0) is 14.0. The van der Waals surface area contributed by atoms with E-state index in [0.717, 1.165) is 0 Å². The monoisotopic (exact) mass is 254 g/mol. The van der Waals surface area contributed by atoms with Crippen molar-refractivity contribution in [2.75, 3.05) is 13.7 Å². The number of hydrogen-bond donors (Lipinski definition) is 3. The number of rotatable bonds is 4. The number of H-pyrrole nitrogens is 1. The van der Waals surface area contributed by atoms with Crippen molar-refractivity contribution in [2.24, 2.45) is 0 Å². The van der Waals surface area contributed by atoms with Crippen LogP contribution in [0.2, 0.25) is 0 Å². The number of carbonyl (C=O) groups excluding carboxylic acids is 1. The fourth-order valence-electron chi connectivity index (χ4n) is 1.78. The van der Waals surface area contributed by atoms with E-state index >= 15 is 0 Å². The zero-order valence-electron chi connectivity index (χ0n) is 10.9. The molecule has 0 saturated heterocycles. The molecule has 6 nitrogen and oxygen atoms in total. The third-order valence-corrected chi connectivity index (χ3v) is 3.11. The zero-order valence-corrected chi connectivity index (χ0v) is 10.9. The fraction of sp³-hybridized carbons (Fsp3) is 0.500. The number of carboxylic acid groups (broad SMARTS) is 1. The highest BCUT2D eigenvalue weighted by Gasteiger charge is 2.25. The Labute approximate surface area is 105 Å². The Bertz CT molecular complexity index is 479. The van der Waals surface area contributed by atoms with Gasteiger partial charge in [-0.05, 0) is 26.3 Å². The number of nitrogens with one attached hydrogen (secondary N) is 1. The van der Waals surface area contributed by atoms with E-state index in [2.05, 4.69) is 4.98 Å². The minimum absolute atomic E-state index is 0.0286. The van der Waals surface area contributed by atoms with Gasteiger partial charge in [0.15, 0.2) is 0 Å². The Balaban J connectivity index is 3.18. The van der Waals surface area contributed by atoms with Crippen molar-refractivity contribution in [3.63, 3.8) is 0 Å². The lowest BCUT2D eigenvalue weighted by molar-refractivity contribution is 0.0680. The molecule has 0 fully saturated rings. The molecule has 1 heterocycles. The summed E-state index contributed by atoms with van der Waals surface area (Å²) >= 11 is 0. The summed E-state index contributed by atoms with van der Waals surface area (Å²) in [6.45, 7) is 4.83. The summed E-state index contributed by atoms with van der Waals surface area (Å²) in [7, 11) is 1.58. The number of hydrogen-bond acceptors (Lipinski definition) is 3. The molecule has 1 aromatic heterocycles. The van der Waals surface area contributed by atoms with Crippen molar-refractivity contribution in [2.45, 2.75) is 26.8 Å². The number of carboxylic acids is 1. The number of aromatic carboxylic acids is 1. The Morgan fingerprint density at radius 3 is 2.33 bits per heavy atom. The van der Waals surface area contributed by atoms with Gasteiger partial charge in [-0.3, -0.25) is 4.79 Å². The normalized spacial score (nSPS) is 12.3. The van der Waals surface area contributed by atoms with E-state index in [4.69, 9.17) is 10.2 Å². The van der Waals surface area contributed by atoms with Crippen LogP contribution in [-0.4, -0.2) is 51.7 Å². The van der Waals surface area contributed by atoms with Crippen molar-refractivity contribution in [1.82, 2.24) is 9.88 Å². The highest BCUT2D eigenvalue weighted by atomic mass is 16.4. The maximum atomic E-state index is 12.2. The van der Waals surface area contributed by atoms with E-state index in [9.17, 15) is 9.59 Å². The first kappa shape index (κ1) is 14.2. The molecule has 0 bridgehead atoms. The van der Waals surface area contributed by atoms with Gasteiger partial charge >= 0.3 is 5.97 Å². The Morgan fingerprint density at radius 1 is 1.39 bits per heavy atom. The lowest BCUT2D eigenvalue weighted by Gasteiger charge is -2.23. The molecule has 6 heteroatoms. The predicted molar refractivity (Wildman–Crippen MR) is 65.9 cm³/mol. The van der Waals surface area contributed by atoms with Crippen LogP contribution in [0.5, 0.6) is 0 Å². The van der Waals surface area contributed by atoms with Gasteiger partial charge < -0.3 is 20.1 Å². The van der Waals surface area contributed by atoms with E-state index in [1.54, 1.807) is 27.8 Å². The highest BCUT2D eigenvalue weighted by Crippen LogP contribution is 2.20. The van der Waals surface area contributed by atoms with Crippen LogP contribution in [0.3, 0.4) is 0 Å². The van der Waals surface area contributed by atoms with Crippen LogP contribution in [0.25, 0.3) is 0 Å². The average molecular weight is 254 g/mol. The molecule has 1 unspecified atom stereocenters. The van der Waals surface area contributed by atoms with E-state index < -0.39 is 5.97 Å². The number of aromatic nitrogens is 1. The molecule has 1 aromatic rings. The maximum Gasteiger partial charge on any atom is 0.352 e. The second kappa shape index (κ2) is 5.22. The van der Waals surface area contributed by atoms with E-state index in [-0.39, 0.29) is 24.2 Å². The molecule has 1 atom stereocenters. The van der Waals surface area contributed by atoms with Crippen molar-refractivity contribution in [3.05, 3.63) is 22.5 Å². The number of carbonyl (C=O) groups is 2. The van der Waals surface area contributed by atoms with Crippen molar-refractivity contribution >= 4 is 11.9 Å². The van der Waals surface area contributed by atoms with Crippen LogP contribution in [0, 0.1) is 13.8 Å². The van der Waals surface area contributed by atoms with Crippen LogP contribution >= 0.6 is 0 Å². The van der Waals surface area contributed by atoms with Crippen LogP contribution in [-0.2, 0) is 0 Å². The molecule has 0 aromatic carbocycles. The van der Waals surface area contributed by atoms with Gasteiger partial charge in [-0.25, -0.2) is 4.79 Å². The molecule has 1 rings (SSSR count). The molecule has 1 amide bonds. The van der Waals surface area contributed by atoms with Gasteiger partial charge in [0.2, 0.25) is 0 Å². The van der Waals surface area contributed by atoms with Crippen LogP contribution < -0.4 is 0 Å². The maximum absolute atomic E-state index is 12.2. The molecule has 0 aliphatic heterocycles. The minimum Gasteiger partial charge on any atom is -0.477 e. The van der Waals surface area contributed by atoms with Gasteiger partial charge in [0.1, 0.15) is 5.69 Å². The molecule has 100 valence electrons. The van der Waals surface area contributed by atoms with E-state index in [1.165, 1.54) is 4.90 Å². The van der Waals surface area contributed by atoms with Crippen LogP contribution in [0.1, 0.15) is 39.0 Å². The summed E-state index contributed by atoms with van der Waals surface area (Å²) < 4.78 is 0. The first-order chi connectivity index (χ1) is 8.31.